The highest BCUT2D eigenvalue weighted by molar-refractivity contribution is 7.90. The van der Waals surface area contributed by atoms with Crippen LogP contribution in [0.25, 0.3) is 0 Å². The molecule has 0 saturated carbocycles. The summed E-state index contributed by atoms with van der Waals surface area (Å²) >= 11 is 5.94. The van der Waals surface area contributed by atoms with Crippen molar-refractivity contribution in [3.8, 4) is 5.75 Å². The van der Waals surface area contributed by atoms with Crippen LogP contribution in [0.15, 0.2) is 47.4 Å². The maximum absolute atomic E-state index is 12.4. The van der Waals surface area contributed by atoms with E-state index in [-0.39, 0.29) is 16.8 Å². The van der Waals surface area contributed by atoms with Gasteiger partial charge in [-0.25, -0.2) is 8.42 Å². The molecule has 0 spiro atoms. The minimum Gasteiger partial charge on any atom is -0.496 e. The van der Waals surface area contributed by atoms with Crippen molar-refractivity contribution >= 4 is 27.3 Å². The molecule has 0 aromatic heterocycles. The summed E-state index contributed by atoms with van der Waals surface area (Å²) in [5.74, 6) is 0.102. The summed E-state index contributed by atoms with van der Waals surface area (Å²) in [5, 5.41) is 3.28. The minimum atomic E-state index is -3.24. The molecule has 2 rings (SSSR count). The Labute approximate surface area is 146 Å². The highest BCUT2D eigenvalue weighted by Gasteiger charge is 2.16. The van der Waals surface area contributed by atoms with Crippen LogP contribution in [0.3, 0.4) is 0 Å². The fourth-order valence-electron chi connectivity index (χ4n) is 2.22. The van der Waals surface area contributed by atoms with Crippen LogP contribution in [0, 0.1) is 0 Å². The largest absolute Gasteiger partial charge is 0.496 e. The second kappa shape index (κ2) is 7.23. The molecule has 0 aliphatic heterocycles. The van der Waals surface area contributed by atoms with Crippen LogP contribution in [0.5, 0.6) is 5.75 Å². The zero-order valence-corrected chi connectivity index (χ0v) is 15.1. The van der Waals surface area contributed by atoms with E-state index in [9.17, 15) is 13.2 Å². The van der Waals surface area contributed by atoms with Crippen molar-refractivity contribution in [3.05, 3.63) is 58.6 Å². The lowest BCUT2D eigenvalue weighted by Crippen LogP contribution is -2.27. The topological polar surface area (TPSA) is 72.5 Å². The molecule has 0 heterocycles. The van der Waals surface area contributed by atoms with Gasteiger partial charge in [0.1, 0.15) is 5.75 Å². The van der Waals surface area contributed by atoms with Gasteiger partial charge in [0.05, 0.1) is 23.6 Å². The Kier molecular flexibility index (Phi) is 5.51. The molecule has 0 aliphatic rings. The van der Waals surface area contributed by atoms with Crippen LogP contribution < -0.4 is 10.1 Å². The van der Waals surface area contributed by atoms with E-state index in [2.05, 4.69) is 5.32 Å². The van der Waals surface area contributed by atoms with Gasteiger partial charge >= 0.3 is 0 Å². The number of rotatable bonds is 5. The number of carbonyl (C=O) groups is 1. The zero-order chi connectivity index (χ0) is 17.9. The van der Waals surface area contributed by atoms with Crippen LogP contribution in [0.2, 0.25) is 5.02 Å². The van der Waals surface area contributed by atoms with Gasteiger partial charge in [0, 0.05) is 11.3 Å². The molecule has 2 aromatic rings. The first-order valence-electron chi connectivity index (χ1n) is 7.17. The molecular formula is C17H18ClNO4S. The first-order chi connectivity index (χ1) is 11.2. The molecule has 0 bridgehead atoms. The highest BCUT2D eigenvalue weighted by atomic mass is 35.5. The number of nitrogens with one attached hydrogen (secondary N) is 1. The second-order valence-corrected chi connectivity index (χ2v) is 7.83. The molecule has 1 N–H and O–H groups in total. The van der Waals surface area contributed by atoms with E-state index >= 15 is 0 Å². The lowest BCUT2D eigenvalue weighted by molar-refractivity contribution is 0.0937. The number of amides is 1. The summed E-state index contributed by atoms with van der Waals surface area (Å²) in [7, 11) is -1.76. The van der Waals surface area contributed by atoms with Crippen LogP contribution in [0.1, 0.15) is 28.9 Å². The summed E-state index contributed by atoms with van der Waals surface area (Å²) in [4.78, 5) is 12.7. The van der Waals surface area contributed by atoms with Crippen LogP contribution in [-0.2, 0) is 9.84 Å². The Morgan fingerprint density at radius 1 is 1.17 bits per heavy atom. The van der Waals surface area contributed by atoms with Crippen molar-refractivity contribution in [2.24, 2.45) is 0 Å². The third-order valence-corrected chi connectivity index (χ3v) is 4.93. The van der Waals surface area contributed by atoms with Gasteiger partial charge in [-0.2, -0.15) is 0 Å². The number of benzene rings is 2. The van der Waals surface area contributed by atoms with E-state index < -0.39 is 9.84 Å². The number of carbonyl (C=O) groups excluding carboxylic acids is 1. The number of halogens is 1. The third-order valence-electron chi connectivity index (χ3n) is 3.56. The third kappa shape index (κ3) is 4.27. The average Bonchev–Trinajstić information content (AvgIpc) is 2.54. The Morgan fingerprint density at radius 2 is 1.79 bits per heavy atom. The van der Waals surface area contributed by atoms with Gasteiger partial charge in [-0.15, -0.1) is 0 Å². The normalized spacial score (nSPS) is 12.5. The number of hydrogen-bond donors (Lipinski definition) is 1. The summed E-state index contributed by atoms with van der Waals surface area (Å²) in [5.41, 5.74) is 1.13. The van der Waals surface area contributed by atoms with Gasteiger partial charge < -0.3 is 10.1 Å². The molecule has 0 radical (unpaired) electrons. The van der Waals surface area contributed by atoms with Crippen molar-refractivity contribution in [3.63, 3.8) is 0 Å². The maximum Gasteiger partial charge on any atom is 0.255 e. The Hall–Kier alpha value is -2.05. The summed E-state index contributed by atoms with van der Waals surface area (Å²) in [6.07, 6.45) is 1.15. The summed E-state index contributed by atoms with van der Waals surface area (Å²) < 4.78 is 28.1. The molecule has 1 amide bonds. The predicted molar refractivity (Wildman–Crippen MR) is 93.4 cm³/mol. The standard InChI is InChI=1S/C17H18ClNO4S/c1-11(12-4-7-14(8-5-12)24(3,21)22)19-17(20)15-10-13(18)6-9-16(15)23-2/h4-11H,1-3H3,(H,19,20)/t11-/m0/s1. The molecule has 24 heavy (non-hydrogen) atoms. The Balaban J connectivity index is 2.19. The van der Waals surface area contributed by atoms with E-state index in [0.717, 1.165) is 11.8 Å². The first-order valence-corrected chi connectivity index (χ1v) is 9.43. The quantitative estimate of drug-likeness (QED) is 0.880. The molecule has 0 unspecified atom stereocenters. The van der Waals surface area contributed by atoms with E-state index in [1.165, 1.54) is 25.3 Å². The van der Waals surface area contributed by atoms with Crippen molar-refractivity contribution in [2.75, 3.05) is 13.4 Å². The summed E-state index contributed by atoms with van der Waals surface area (Å²) in [6, 6.07) is 10.9. The van der Waals surface area contributed by atoms with Crippen LogP contribution in [-0.4, -0.2) is 27.7 Å². The Morgan fingerprint density at radius 3 is 2.33 bits per heavy atom. The van der Waals surface area contributed by atoms with Crippen LogP contribution in [0.4, 0.5) is 0 Å². The molecule has 2 aromatic carbocycles. The molecule has 7 heteroatoms. The molecule has 0 saturated heterocycles. The highest BCUT2D eigenvalue weighted by Crippen LogP contribution is 2.24. The van der Waals surface area contributed by atoms with E-state index in [1.807, 2.05) is 6.92 Å². The summed E-state index contributed by atoms with van der Waals surface area (Å²) in [6.45, 7) is 1.81. The van der Waals surface area contributed by atoms with Crippen molar-refractivity contribution < 1.29 is 17.9 Å². The molecule has 128 valence electrons. The van der Waals surface area contributed by atoms with Crippen molar-refractivity contribution in [1.29, 1.82) is 0 Å². The fraction of sp³-hybridized carbons (Fsp3) is 0.235. The lowest BCUT2D eigenvalue weighted by Gasteiger charge is -2.16. The zero-order valence-electron chi connectivity index (χ0n) is 13.5. The molecule has 5 nitrogen and oxygen atoms in total. The van der Waals surface area contributed by atoms with Gasteiger partial charge in [-0.1, -0.05) is 23.7 Å². The van der Waals surface area contributed by atoms with E-state index in [1.54, 1.807) is 24.3 Å². The van der Waals surface area contributed by atoms with Crippen molar-refractivity contribution in [2.45, 2.75) is 17.9 Å². The average molecular weight is 368 g/mol. The first kappa shape index (κ1) is 18.3. The SMILES string of the molecule is COc1ccc(Cl)cc1C(=O)N[C@@H](C)c1ccc(S(C)(=O)=O)cc1. The van der Waals surface area contributed by atoms with Gasteiger partial charge in [-0.05, 0) is 42.8 Å². The smallest absolute Gasteiger partial charge is 0.255 e. The fourth-order valence-corrected chi connectivity index (χ4v) is 3.02. The molecule has 1 atom stereocenters. The van der Waals surface area contributed by atoms with Crippen molar-refractivity contribution in [1.82, 2.24) is 5.32 Å². The minimum absolute atomic E-state index is 0.237. The van der Waals surface area contributed by atoms with Gasteiger partial charge in [0.25, 0.3) is 5.91 Å². The second-order valence-electron chi connectivity index (χ2n) is 5.38. The monoisotopic (exact) mass is 367 g/mol. The molecule has 0 aliphatic carbocycles. The number of sulfone groups is 1. The van der Waals surface area contributed by atoms with Gasteiger partial charge in [0.2, 0.25) is 0 Å². The molecule has 0 fully saturated rings. The number of hydrogen-bond acceptors (Lipinski definition) is 4. The lowest BCUT2D eigenvalue weighted by atomic mass is 10.1. The number of ether oxygens (including phenoxy) is 1. The maximum atomic E-state index is 12.4. The van der Waals surface area contributed by atoms with Gasteiger partial charge in [0.15, 0.2) is 9.84 Å². The van der Waals surface area contributed by atoms with E-state index in [4.69, 9.17) is 16.3 Å². The Bertz CT molecular complexity index is 847. The van der Waals surface area contributed by atoms with Crippen LogP contribution >= 0.6 is 11.6 Å². The van der Waals surface area contributed by atoms with Gasteiger partial charge in [-0.3, -0.25) is 4.79 Å². The number of methoxy groups -OCH3 is 1. The van der Waals surface area contributed by atoms with E-state index in [0.29, 0.717) is 16.3 Å². The predicted octanol–water partition coefficient (Wildman–Crippen LogP) is 3.24. The molecular weight excluding hydrogens is 350 g/mol.